The number of nitrogens with zero attached hydrogens (tertiary/aromatic N) is 1. The third-order valence-electron chi connectivity index (χ3n) is 2.95. The number of imidazole rings is 1. The predicted molar refractivity (Wildman–Crippen MR) is 82.8 cm³/mol. The largest absolute Gasteiger partial charge is 0.366 e. The number of carbonyl (C=O) groups is 1. The maximum atomic E-state index is 11.2. The molecular weight excluding hydrogens is 342 g/mol. The quantitative estimate of drug-likeness (QED) is 0.739. The van der Waals surface area contributed by atoms with Gasteiger partial charge in [0.2, 0.25) is 5.91 Å². The van der Waals surface area contributed by atoms with Gasteiger partial charge in [-0.2, -0.15) is 0 Å². The Balaban J connectivity index is 2.17. The van der Waals surface area contributed by atoms with E-state index in [1.165, 1.54) is 0 Å². The summed E-state index contributed by atoms with van der Waals surface area (Å²) < 4.78 is 0.912. The van der Waals surface area contributed by atoms with Crippen LogP contribution in [0.4, 0.5) is 0 Å². The second kappa shape index (κ2) is 4.92. The molecule has 0 bridgehead atoms. The van der Waals surface area contributed by atoms with Gasteiger partial charge in [-0.15, -0.1) is 0 Å². The smallest absolute Gasteiger partial charge is 0.248 e. The Bertz CT molecular complexity index is 828. The summed E-state index contributed by atoms with van der Waals surface area (Å²) in [6.45, 7) is 0. The number of rotatable bonds is 2. The van der Waals surface area contributed by atoms with Crippen molar-refractivity contribution in [3.05, 3.63) is 51.5 Å². The summed E-state index contributed by atoms with van der Waals surface area (Å²) in [4.78, 5) is 18.8. The second-order valence-corrected chi connectivity index (χ2v) is 5.63. The van der Waals surface area contributed by atoms with Gasteiger partial charge in [0.15, 0.2) is 0 Å². The summed E-state index contributed by atoms with van der Waals surface area (Å²) in [6, 6.07) is 10.6. The number of nitrogens with one attached hydrogen (secondary N) is 1. The molecule has 0 aliphatic carbocycles. The van der Waals surface area contributed by atoms with Crippen LogP contribution in [0, 0.1) is 0 Å². The van der Waals surface area contributed by atoms with E-state index in [1.807, 2.05) is 12.1 Å². The lowest BCUT2D eigenvalue weighted by Crippen LogP contribution is -2.10. The van der Waals surface area contributed by atoms with Crippen LogP contribution in [0.15, 0.2) is 40.9 Å². The minimum atomic E-state index is -0.469. The summed E-state index contributed by atoms with van der Waals surface area (Å²) in [7, 11) is 0. The van der Waals surface area contributed by atoms with Crippen molar-refractivity contribution in [2.24, 2.45) is 5.73 Å². The molecule has 0 saturated heterocycles. The summed E-state index contributed by atoms with van der Waals surface area (Å²) >= 11 is 9.59. The topological polar surface area (TPSA) is 71.8 Å². The van der Waals surface area contributed by atoms with Crippen LogP contribution in [0.3, 0.4) is 0 Å². The van der Waals surface area contributed by atoms with Gasteiger partial charge in [0.05, 0.1) is 16.1 Å². The van der Waals surface area contributed by atoms with Gasteiger partial charge in [0.25, 0.3) is 0 Å². The normalized spacial score (nSPS) is 10.9. The molecule has 0 radical (unpaired) electrons. The van der Waals surface area contributed by atoms with Crippen molar-refractivity contribution < 1.29 is 4.79 Å². The molecule has 20 heavy (non-hydrogen) atoms. The number of nitrogens with two attached hydrogens (primary N) is 1. The molecule has 0 aliphatic rings. The predicted octanol–water partition coefficient (Wildman–Crippen LogP) is 3.74. The number of aromatic nitrogens is 2. The van der Waals surface area contributed by atoms with Crippen molar-refractivity contribution in [1.29, 1.82) is 0 Å². The second-order valence-electron chi connectivity index (χ2n) is 4.31. The number of halogens is 2. The molecule has 0 unspecified atom stereocenters. The molecule has 0 saturated carbocycles. The molecule has 3 N–H and O–H groups in total. The Morgan fingerprint density at radius 3 is 2.80 bits per heavy atom. The Kier molecular flexibility index (Phi) is 3.23. The van der Waals surface area contributed by atoms with E-state index >= 15 is 0 Å². The molecule has 1 heterocycles. The van der Waals surface area contributed by atoms with Gasteiger partial charge in [0, 0.05) is 15.6 Å². The summed E-state index contributed by atoms with van der Waals surface area (Å²) in [5.41, 5.74) is 7.99. The number of hydrogen-bond donors (Lipinski definition) is 2. The Morgan fingerprint density at radius 2 is 2.05 bits per heavy atom. The van der Waals surface area contributed by atoms with E-state index in [1.54, 1.807) is 24.3 Å². The van der Waals surface area contributed by atoms with Crippen LogP contribution in [0.25, 0.3) is 22.4 Å². The highest BCUT2D eigenvalue weighted by molar-refractivity contribution is 9.10. The summed E-state index contributed by atoms with van der Waals surface area (Å²) in [5, 5.41) is 0.599. The average molecular weight is 351 g/mol. The van der Waals surface area contributed by atoms with Gasteiger partial charge in [-0.3, -0.25) is 4.79 Å². The number of primary amides is 1. The van der Waals surface area contributed by atoms with Gasteiger partial charge in [-0.05, 0) is 36.4 Å². The van der Waals surface area contributed by atoms with Crippen LogP contribution in [-0.4, -0.2) is 15.9 Å². The van der Waals surface area contributed by atoms with E-state index in [0.29, 0.717) is 16.4 Å². The molecule has 0 aliphatic heterocycles. The highest BCUT2D eigenvalue weighted by Crippen LogP contribution is 2.30. The fourth-order valence-corrected chi connectivity index (χ4v) is 2.54. The third-order valence-corrected chi connectivity index (χ3v) is 3.77. The number of carbonyl (C=O) groups excluding carboxylic acids is 1. The molecule has 1 amide bonds. The molecule has 4 nitrogen and oxygen atoms in total. The maximum Gasteiger partial charge on any atom is 0.248 e. The summed E-state index contributed by atoms with van der Waals surface area (Å²) in [6.07, 6.45) is 0. The van der Waals surface area contributed by atoms with E-state index in [9.17, 15) is 4.79 Å². The molecule has 100 valence electrons. The monoisotopic (exact) mass is 349 g/mol. The zero-order valence-electron chi connectivity index (χ0n) is 10.2. The van der Waals surface area contributed by atoms with Crippen LogP contribution < -0.4 is 5.73 Å². The Morgan fingerprint density at radius 1 is 1.25 bits per heavy atom. The molecule has 0 atom stereocenters. The first-order valence-electron chi connectivity index (χ1n) is 5.79. The molecule has 0 fully saturated rings. The van der Waals surface area contributed by atoms with E-state index in [0.717, 1.165) is 21.1 Å². The van der Waals surface area contributed by atoms with Crippen LogP contribution in [0.2, 0.25) is 5.02 Å². The first-order chi connectivity index (χ1) is 9.54. The fourth-order valence-electron chi connectivity index (χ4n) is 1.97. The molecule has 1 aromatic heterocycles. The molecule has 3 aromatic rings. The van der Waals surface area contributed by atoms with Crippen molar-refractivity contribution in [2.45, 2.75) is 0 Å². The number of amides is 1. The van der Waals surface area contributed by atoms with E-state index < -0.39 is 5.91 Å². The van der Waals surface area contributed by atoms with E-state index in [2.05, 4.69) is 25.9 Å². The van der Waals surface area contributed by atoms with Crippen molar-refractivity contribution in [1.82, 2.24) is 9.97 Å². The van der Waals surface area contributed by atoms with Crippen LogP contribution in [0.5, 0.6) is 0 Å². The zero-order chi connectivity index (χ0) is 14.3. The van der Waals surface area contributed by atoms with Crippen molar-refractivity contribution in [3.63, 3.8) is 0 Å². The zero-order valence-corrected chi connectivity index (χ0v) is 12.5. The highest BCUT2D eigenvalue weighted by Gasteiger charge is 2.11. The molecular formula is C14H9BrClN3O. The van der Waals surface area contributed by atoms with Crippen LogP contribution in [-0.2, 0) is 0 Å². The van der Waals surface area contributed by atoms with Gasteiger partial charge in [-0.25, -0.2) is 4.98 Å². The van der Waals surface area contributed by atoms with E-state index in [-0.39, 0.29) is 0 Å². The number of aromatic amines is 1. The van der Waals surface area contributed by atoms with E-state index in [4.69, 9.17) is 17.3 Å². The number of H-pyrrole nitrogens is 1. The highest BCUT2D eigenvalue weighted by atomic mass is 79.9. The van der Waals surface area contributed by atoms with Gasteiger partial charge in [-0.1, -0.05) is 27.5 Å². The third kappa shape index (κ3) is 2.30. The minimum absolute atomic E-state index is 0.438. The van der Waals surface area contributed by atoms with Gasteiger partial charge >= 0.3 is 0 Å². The lowest BCUT2D eigenvalue weighted by molar-refractivity contribution is 0.100. The van der Waals surface area contributed by atoms with Gasteiger partial charge < -0.3 is 10.7 Å². The van der Waals surface area contributed by atoms with Crippen LogP contribution >= 0.6 is 27.5 Å². The first kappa shape index (κ1) is 13.1. The SMILES string of the molecule is NC(=O)c1ccc2nc(-c3cc(Br)ccc3Cl)[nH]c2c1. The van der Waals surface area contributed by atoms with Crippen molar-refractivity contribution in [2.75, 3.05) is 0 Å². The molecule has 6 heteroatoms. The lowest BCUT2D eigenvalue weighted by Gasteiger charge is -2.00. The fraction of sp³-hybridized carbons (Fsp3) is 0. The molecule has 2 aromatic carbocycles. The Labute approximate surface area is 128 Å². The number of fused-ring (bicyclic) bond motifs is 1. The number of hydrogen-bond acceptors (Lipinski definition) is 2. The molecule has 0 spiro atoms. The standard InChI is InChI=1S/C14H9BrClN3O/c15-8-2-3-10(16)9(6-8)14-18-11-4-1-7(13(17)20)5-12(11)19-14/h1-6H,(H2,17,20)(H,18,19). The molecule has 3 rings (SSSR count). The van der Waals surface area contributed by atoms with Crippen molar-refractivity contribution in [3.8, 4) is 11.4 Å². The minimum Gasteiger partial charge on any atom is -0.366 e. The maximum absolute atomic E-state index is 11.2. The Hall–Kier alpha value is -1.85. The first-order valence-corrected chi connectivity index (χ1v) is 6.97. The number of benzene rings is 2. The average Bonchev–Trinajstić information content (AvgIpc) is 2.83. The van der Waals surface area contributed by atoms with Crippen LogP contribution in [0.1, 0.15) is 10.4 Å². The van der Waals surface area contributed by atoms with Crippen molar-refractivity contribution >= 4 is 44.5 Å². The lowest BCUT2D eigenvalue weighted by atomic mass is 10.2. The summed E-state index contributed by atoms with van der Waals surface area (Å²) in [5.74, 6) is 0.177. The van der Waals surface area contributed by atoms with Gasteiger partial charge in [0.1, 0.15) is 5.82 Å².